The van der Waals surface area contributed by atoms with E-state index in [4.69, 9.17) is 18.9 Å². The Morgan fingerprint density at radius 3 is 2.46 bits per heavy atom. The van der Waals surface area contributed by atoms with Gasteiger partial charge in [-0.3, -0.25) is 4.79 Å². The summed E-state index contributed by atoms with van der Waals surface area (Å²) in [5, 5.41) is 0. The minimum Gasteiger partial charge on any atom is -0.491 e. The van der Waals surface area contributed by atoms with Crippen LogP contribution in [-0.2, 0) is 4.79 Å². The predicted octanol–water partition coefficient (Wildman–Crippen LogP) is 3.64. The zero-order chi connectivity index (χ0) is 16.7. The summed E-state index contributed by atoms with van der Waals surface area (Å²) in [6.45, 7) is 4.17. The Balaban J connectivity index is 1.70. The van der Waals surface area contributed by atoms with E-state index >= 15 is 0 Å². The molecule has 0 saturated heterocycles. The molecule has 5 nitrogen and oxygen atoms in total. The molecule has 0 amide bonds. The van der Waals surface area contributed by atoms with Gasteiger partial charge in [-0.1, -0.05) is 12.1 Å². The zero-order valence-corrected chi connectivity index (χ0v) is 13.6. The quantitative estimate of drug-likeness (QED) is 0.637. The van der Waals surface area contributed by atoms with Crippen molar-refractivity contribution in [3.05, 3.63) is 47.5 Å². The molecule has 4 rings (SSSR count). The first-order valence-corrected chi connectivity index (χ1v) is 8.01. The normalized spacial score (nSPS) is 18.3. The molecular formula is C19H18O5. The first-order chi connectivity index (χ1) is 11.6. The summed E-state index contributed by atoms with van der Waals surface area (Å²) < 4.78 is 21.9. The van der Waals surface area contributed by atoms with Crippen LogP contribution in [0.4, 0.5) is 0 Å². The second-order valence-electron chi connectivity index (χ2n) is 6.21. The Labute approximate surface area is 140 Å². The summed E-state index contributed by atoms with van der Waals surface area (Å²) in [5.41, 5.74) is 1.99. The van der Waals surface area contributed by atoms with Gasteiger partial charge < -0.3 is 18.9 Å². The van der Waals surface area contributed by atoms with Crippen LogP contribution in [0.15, 0.2) is 36.4 Å². The molecule has 5 heteroatoms. The average Bonchev–Trinajstić information content (AvgIpc) is 2.99. The molecule has 0 N–H and O–H groups in total. The molecule has 2 aromatic carbocycles. The molecule has 0 unspecified atom stereocenters. The average molecular weight is 326 g/mol. The highest BCUT2D eigenvalue weighted by molar-refractivity contribution is 5.78. The van der Waals surface area contributed by atoms with Crippen molar-refractivity contribution in [2.24, 2.45) is 0 Å². The Kier molecular flexibility index (Phi) is 3.56. The van der Waals surface area contributed by atoms with E-state index in [9.17, 15) is 4.79 Å². The molecule has 2 aromatic rings. The van der Waals surface area contributed by atoms with Gasteiger partial charge in [0.15, 0.2) is 11.5 Å². The largest absolute Gasteiger partial charge is 0.491 e. The van der Waals surface area contributed by atoms with E-state index in [1.165, 1.54) is 0 Å². The third-order valence-corrected chi connectivity index (χ3v) is 4.13. The lowest BCUT2D eigenvalue weighted by atomic mass is 9.86. The van der Waals surface area contributed by atoms with Crippen LogP contribution < -0.4 is 18.9 Å². The van der Waals surface area contributed by atoms with Crippen molar-refractivity contribution < 1.29 is 23.7 Å². The van der Waals surface area contributed by atoms with Crippen LogP contribution >= 0.6 is 0 Å². The van der Waals surface area contributed by atoms with Gasteiger partial charge in [0.1, 0.15) is 11.5 Å². The van der Waals surface area contributed by atoms with Gasteiger partial charge in [0.2, 0.25) is 6.79 Å². The summed E-state index contributed by atoms with van der Waals surface area (Å²) in [4.78, 5) is 12.0. The second-order valence-corrected chi connectivity index (χ2v) is 6.21. The van der Waals surface area contributed by atoms with E-state index in [0.29, 0.717) is 23.7 Å². The molecule has 2 heterocycles. The van der Waals surface area contributed by atoms with Gasteiger partial charge >= 0.3 is 5.97 Å². The Hall–Kier alpha value is -2.69. The Morgan fingerprint density at radius 2 is 1.75 bits per heavy atom. The molecular weight excluding hydrogens is 308 g/mol. The van der Waals surface area contributed by atoms with Crippen molar-refractivity contribution in [3.8, 4) is 23.0 Å². The molecule has 0 saturated carbocycles. The third kappa shape index (κ3) is 2.66. The summed E-state index contributed by atoms with van der Waals surface area (Å²) >= 11 is 0. The SMILES string of the molecule is CC(C)Oc1ccc([C@H]2CC(=O)Oc3cc4c(cc32)OCO4)cc1. The summed E-state index contributed by atoms with van der Waals surface area (Å²) in [5.74, 6) is 2.36. The molecule has 24 heavy (non-hydrogen) atoms. The van der Waals surface area contributed by atoms with Crippen molar-refractivity contribution in [3.63, 3.8) is 0 Å². The predicted molar refractivity (Wildman–Crippen MR) is 86.9 cm³/mol. The van der Waals surface area contributed by atoms with Crippen LogP contribution in [0.5, 0.6) is 23.0 Å². The first-order valence-electron chi connectivity index (χ1n) is 8.01. The summed E-state index contributed by atoms with van der Waals surface area (Å²) in [6, 6.07) is 11.5. The molecule has 2 aliphatic heterocycles. The molecule has 2 aliphatic rings. The number of hydrogen-bond donors (Lipinski definition) is 0. The van der Waals surface area contributed by atoms with Crippen molar-refractivity contribution in [2.45, 2.75) is 32.3 Å². The Bertz CT molecular complexity index is 779. The summed E-state index contributed by atoms with van der Waals surface area (Å²) in [7, 11) is 0. The fourth-order valence-electron chi connectivity index (χ4n) is 3.09. The number of carbonyl (C=O) groups excluding carboxylic acids is 1. The van der Waals surface area contributed by atoms with E-state index in [0.717, 1.165) is 16.9 Å². The fraction of sp³-hybridized carbons (Fsp3) is 0.316. The molecule has 0 aliphatic carbocycles. The second kappa shape index (κ2) is 5.74. The van der Waals surface area contributed by atoms with Gasteiger partial charge in [-0.15, -0.1) is 0 Å². The number of ether oxygens (including phenoxy) is 4. The number of hydrogen-bond acceptors (Lipinski definition) is 5. The highest BCUT2D eigenvalue weighted by Gasteiger charge is 2.31. The van der Waals surface area contributed by atoms with Crippen LogP contribution in [0, 0.1) is 0 Å². The lowest BCUT2D eigenvalue weighted by Crippen LogP contribution is -2.21. The standard InChI is InChI=1S/C19H18O5/c1-11(2)23-13-5-3-12(4-6-13)14-8-19(20)24-16-9-18-17(7-15(14)16)21-10-22-18/h3-7,9,11,14H,8,10H2,1-2H3/t14-/m1/s1. The van der Waals surface area contributed by atoms with Crippen molar-refractivity contribution in [1.82, 2.24) is 0 Å². The first kappa shape index (κ1) is 14.9. The lowest BCUT2D eigenvalue weighted by molar-refractivity contribution is -0.135. The van der Waals surface area contributed by atoms with E-state index in [2.05, 4.69) is 0 Å². The van der Waals surface area contributed by atoms with Gasteiger partial charge in [0.25, 0.3) is 0 Å². The van der Waals surface area contributed by atoms with Gasteiger partial charge in [0, 0.05) is 17.5 Å². The van der Waals surface area contributed by atoms with Crippen LogP contribution in [0.25, 0.3) is 0 Å². The molecule has 1 atom stereocenters. The van der Waals surface area contributed by atoms with Gasteiger partial charge in [-0.25, -0.2) is 0 Å². The Morgan fingerprint density at radius 1 is 1.04 bits per heavy atom. The highest BCUT2D eigenvalue weighted by atomic mass is 16.7. The maximum atomic E-state index is 12.0. The fourth-order valence-corrected chi connectivity index (χ4v) is 3.09. The van der Waals surface area contributed by atoms with Crippen LogP contribution in [0.2, 0.25) is 0 Å². The number of benzene rings is 2. The number of esters is 1. The number of carbonyl (C=O) groups is 1. The van der Waals surface area contributed by atoms with Crippen LogP contribution in [0.1, 0.15) is 37.3 Å². The molecule has 0 spiro atoms. The topological polar surface area (TPSA) is 54.0 Å². The molecule has 124 valence electrons. The van der Waals surface area contributed by atoms with Crippen molar-refractivity contribution in [2.75, 3.05) is 6.79 Å². The van der Waals surface area contributed by atoms with Gasteiger partial charge in [0.05, 0.1) is 12.5 Å². The highest BCUT2D eigenvalue weighted by Crippen LogP contribution is 2.46. The minimum absolute atomic E-state index is 0.0659. The molecule has 0 fully saturated rings. The van der Waals surface area contributed by atoms with Crippen molar-refractivity contribution in [1.29, 1.82) is 0 Å². The van der Waals surface area contributed by atoms with Gasteiger partial charge in [-0.2, -0.15) is 0 Å². The zero-order valence-electron chi connectivity index (χ0n) is 13.6. The molecule has 0 bridgehead atoms. The van der Waals surface area contributed by atoms with E-state index < -0.39 is 0 Å². The van der Waals surface area contributed by atoms with E-state index in [1.807, 2.05) is 44.2 Å². The maximum absolute atomic E-state index is 12.0. The van der Waals surface area contributed by atoms with E-state index in [1.54, 1.807) is 6.07 Å². The summed E-state index contributed by atoms with van der Waals surface area (Å²) in [6.07, 6.45) is 0.429. The van der Waals surface area contributed by atoms with Crippen molar-refractivity contribution >= 4 is 5.97 Å². The number of fused-ring (bicyclic) bond motifs is 2. The van der Waals surface area contributed by atoms with Gasteiger partial charge in [-0.05, 0) is 37.6 Å². The molecule has 0 aromatic heterocycles. The molecule has 0 radical (unpaired) electrons. The monoisotopic (exact) mass is 326 g/mol. The third-order valence-electron chi connectivity index (χ3n) is 4.13. The smallest absolute Gasteiger partial charge is 0.312 e. The van der Waals surface area contributed by atoms with Crippen LogP contribution in [0.3, 0.4) is 0 Å². The minimum atomic E-state index is -0.242. The lowest BCUT2D eigenvalue weighted by Gasteiger charge is -2.25. The van der Waals surface area contributed by atoms with E-state index in [-0.39, 0.29) is 24.8 Å². The maximum Gasteiger partial charge on any atom is 0.312 e. The van der Waals surface area contributed by atoms with Crippen LogP contribution in [-0.4, -0.2) is 18.9 Å². The number of rotatable bonds is 3.